The van der Waals surface area contributed by atoms with Gasteiger partial charge in [0.1, 0.15) is 30.4 Å². The minimum atomic E-state index is -1.83. The molecule has 250 valence electrons. The Hall–Kier alpha value is -3.43. The van der Waals surface area contributed by atoms with E-state index < -0.39 is 54.3 Å². The van der Waals surface area contributed by atoms with Gasteiger partial charge in [-0.1, -0.05) is 36.4 Å². The largest absolute Gasteiger partial charge is 0.481 e. The predicted octanol–water partition coefficient (Wildman–Crippen LogP) is 1.70. The number of rotatable bonds is 12. The van der Waals surface area contributed by atoms with Gasteiger partial charge < -0.3 is 44.3 Å². The maximum Gasteiger partial charge on any atom is 0.335 e. The summed E-state index contributed by atoms with van der Waals surface area (Å²) in [5, 5.41) is 50.5. The first-order chi connectivity index (χ1) is 21.9. The number of aliphatic hydroxyl groups is 3. The molecule has 0 radical (unpaired) electrons. The molecular weight excluding hydrogens is 598 g/mol. The predicted molar refractivity (Wildman–Crippen MR) is 165 cm³/mol. The van der Waals surface area contributed by atoms with Crippen LogP contribution in [-0.4, -0.2) is 116 Å². The molecule has 3 heterocycles. The molecule has 6 atom stereocenters. The van der Waals surface area contributed by atoms with Crippen LogP contribution in [0.25, 0.3) is 11.0 Å². The number of imidazole rings is 1. The van der Waals surface area contributed by atoms with Crippen molar-refractivity contribution in [1.82, 2.24) is 14.5 Å². The zero-order chi connectivity index (χ0) is 33.2. The fourth-order valence-electron chi connectivity index (χ4n) is 6.23. The van der Waals surface area contributed by atoms with E-state index >= 15 is 0 Å². The molecule has 13 nitrogen and oxygen atoms in total. The lowest BCUT2D eigenvalue weighted by atomic mass is 9.84. The van der Waals surface area contributed by atoms with Crippen molar-refractivity contribution in [2.45, 2.75) is 87.9 Å². The number of carboxylic acids is 2. The van der Waals surface area contributed by atoms with Gasteiger partial charge in [0.05, 0.1) is 23.1 Å². The molecule has 0 saturated carbocycles. The number of aliphatic carboxylic acids is 2. The lowest BCUT2D eigenvalue weighted by molar-refractivity contribution is -0.316. The second kappa shape index (κ2) is 14.1. The average molecular weight is 642 g/mol. The fraction of sp³-hybridized carbons (Fsp3) is 0.545. The van der Waals surface area contributed by atoms with Gasteiger partial charge in [-0.05, 0) is 49.9 Å². The first kappa shape index (κ1) is 33.9. The maximum atomic E-state index is 11.8. The van der Waals surface area contributed by atoms with Crippen LogP contribution in [0.3, 0.4) is 0 Å². The average Bonchev–Trinajstić information content (AvgIpc) is 3.42. The van der Waals surface area contributed by atoms with E-state index in [-0.39, 0.29) is 5.92 Å². The smallest absolute Gasteiger partial charge is 0.335 e. The third-order valence-corrected chi connectivity index (χ3v) is 9.23. The number of aliphatic hydroxyl groups excluding tert-OH is 3. The third-order valence-electron chi connectivity index (χ3n) is 9.23. The normalized spacial score (nSPS) is 25.5. The minimum absolute atomic E-state index is 0.156. The summed E-state index contributed by atoms with van der Waals surface area (Å²) in [5.74, 6) is -1.29. The number of methoxy groups -OCH3 is 1. The minimum Gasteiger partial charge on any atom is -0.481 e. The summed E-state index contributed by atoms with van der Waals surface area (Å²) in [5.41, 5.74) is 2.33. The van der Waals surface area contributed by atoms with Crippen LogP contribution in [0.1, 0.15) is 49.6 Å². The van der Waals surface area contributed by atoms with Crippen LogP contribution in [0, 0.1) is 0 Å². The molecule has 5 rings (SSSR count). The summed E-state index contributed by atoms with van der Waals surface area (Å²) in [7, 11) is 1.67. The van der Waals surface area contributed by atoms with E-state index in [4.69, 9.17) is 19.2 Å². The highest BCUT2D eigenvalue weighted by Crippen LogP contribution is 2.33. The van der Waals surface area contributed by atoms with Crippen LogP contribution >= 0.6 is 0 Å². The molecule has 46 heavy (non-hydrogen) atoms. The van der Waals surface area contributed by atoms with Crippen molar-refractivity contribution in [3.63, 3.8) is 0 Å². The van der Waals surface area contributed by atoms with Crippen molar-refractivity contribution < 1.29 is 49.3 Å². The van der Waals surface area contributed by atoms with Crippen LogP contribution in [-0.2, 0) is 42.2 Å². The van der Waals surface area contributed by atoms with Crippen LogP contribution in [0.15, 0.2) is 48.5 Å². The van der Waals surface area contributed by atoms with E-state index in [9.17, 15) is 35.1 Å². The van der Waals surface area contributed by atoms with Crippen LogP contribution in [0.5, 0.6) is 0 Å². The van der Waals surface area contributed by atoms with Gasteiger partial charge in [0.25, 0.3) is 0 Å². The van der Waals surface area contributed by atoms with Gasteiger partial charge in [0.2, 0.25) is 0 Å². The summed E-state index contributed by atoms with van der Waals surface area (Å²) in [6.07, 6.45) is -7.53. The Labute approximate surface area is 266 Å². The van der Waals surface area contributed by atoms with Gasteiger partial charge >= 0.3 is 11.9 Å². The number of aromatic nitrogens is 2. The number of hydrogen-bond donors (Lipinski definition) is 5. The lowest BCUT2D eigenvalue weighted by Crippen LogP contribution is -2.61. The Balaban J connectivity index is 1.37. The monoisotopic (exact) mass is 641 g/mol. The van der Waals surface area contributed by atoms with Crippen molar-refractivity contribution in [3.8, 4) is 0 Å². The number of likely N-dealkylation sites (tertiary alicyclic amines) is 1. The van der Waals surface area contributed by atoms with E-state index in [2.05, 4.69) is 15.5 Å². The molecule has 0 bridgehead atoms. The number of piperidine rings is 1. The summed E-state index contributed by atoms with van der Waals surface area (Å²) >= 11 is 0. The first-order valence-electron chi connectivity index (χ1n) is 15.5. The van der Waals surface area contributed by atoms with Gasteiger partial charge in [0.15, 0.2) is 12.4 Å². The van der Waals surface area contributed by atoms with Crippen molar-refractivity contribution >= 4 is 23.0 Å². The quantitative estimate of drug-likeness (QED) is 0.193. The highest BCUT2D eigenvalue weighted by atomic mass is 16.7. The first-order valence-corrected chi connectivity index (χ1v) is 15.5. The van der Waals surface area contributed by atoms with Crippen LogP contribution in [0.4, 0.5) is 0 Å². The van der Waals surface area contributed by atoms with Gasteiger partial charge in [-0.15, -0.1) is 0 Å². The van der Waals surface area contributed by atoms with Crippen LogP contribution in [0.2, 0.25) is 0 Å². The van der Waals surface area contributed by atoms with Crippen molar-refractivity contribution in [1.29, 1.82) is 0 Å². The molecule has 0 amide bonds. The molecule has 3 aromatic rings. The molecule has 13 heteroatoms. The Morgan fingerprint density at radius 1 is 1.00 bits per heavy atom. The topological polar surface area (TPSA) is 184 Å². The van der Waals surface area contributed by atoms with E-state index in [0.717, 1.165) is 35.3 Å². The van der Waals surface area contributed by atoms with Crippen molar-refractivity contribution in [2.75, 3.05) is 26.8 Å². The van der Waals surface area contributed by atoms with E-state index in [0.29, 0.717) is 38.2 Å². The number of benzene rings is 2. The zero-order valence-electron chi connectivity index (χ0n) is 26.2. The standard InChI is InChI=1S/C33H43N3O10/c1-33(2,32(42)43)21-10-8-19(9-11-21)18-24(45-31-27(39)25(37)26(38)28(46-31)30(40)41)35-14-12-20(13-15-35)29-34-22-6-4-5-7-23(22)36(29)16-17-44-3/h4-11,20,24-28,31,37-39H,12-18H2,1-3H3,(H,40,41)(H,42,43). The molecule has 0 aliphatic carbocycles. The van der Waals surface area contributed by atoms with E-state index in [1.807, 2.05) is 30.3 Å². The number of carbonyl (C=O) groups is 2. The van der Waals surface area contributed by atoms with E-state index in [1.165, 1.54) is 0 Å². The molecule has 5 N–H and O–H groups in total. The second-order valence-corrected chi connectivity index (χ2v) is 12.6. The number of nitrogens with zero attached hydrogens (tertiary/aromatic N) is 3. The number of fused-ring (bicyclic) bond motifs is 1. The van der Waals surface area contributed by atoms with Gasteiger partial charge in [-0.3, -0.25) is 9.69 Å². The van der Waals surface area contributed by atoms with Gasteiger partial charge in [-0.2, -0.15) is 0 Å². The molecule has 2 aliphatic heterocycles. The Kier molecular flexibility index (Phi) is 10.4. The molecule has 2 aliphatic rings. The van der Waals surface area contributed by atoms with Crippen molar-refractivity contribution in [2.24, 2.45) is 0 Å². The number of carboxylic acid groups (broad SMARTS) is 2. The highest BCUT2D eigenvalue weighted by Gasteiger charge is 2.48. The summed E-state index contributed by atoms with van der Waals surface area (Å²) in [6, 6.07) is 15.1. The third kappa shape index (κ3) is 6.95. The maximum absolute atomic E-state index is 11.8. The summed E-state index contributed by atoms with van der Waals surface area (Å²) in [4.78, 5) is 30.5. The van der Waals surface area contributed by atoms with Gasteiger partial charge in [0, 0.05) is 39.1 Å². The zero-order valence-corrected chi connectivity index (χ0v) is 26.2. The molecular formula is C33H43N3O10. The Morgan fingerprint density at radius 2 is 1.67 bits per heavy atom. The SMILES string of the molecule is COCCn1c(C2CCN(C(Cc3ccc(C(C)(C)C(=O)O)cc3)OC3OC(C(=O)O)C(O)C(O)C3O)CC2)nc2ccccc21. The number of hydrogen-bond acceptors (Lipinski definition) is 10. The second-order valence-electron chi connectivity index (χ2n) is 12.6. The fourth-order valence-corrected chi connectivity index (χ4v) is 6.23. The Morgan fingerprint density at radius 3 is 2.30 bits per heavy atom. The van der Waals surface area contributed by atoms with Crippen LogP contribution < -0.4 is 0 Å². The number of para-hydroxylation sites is 2. The summed E-state index contributed by atoms with van der Waals surface area (Å²) in [6.45, 7) is 5.65. The Bertz CT molecular complexity index is 1500. The number of ether oxygens (including phenoxy) is 3. The van der Waals surface area contributed by atoms with Gasteiger partial charge in [-0.25, -0.2) is 9.78 Å². The molecule has 2 saturated heterocycles. The molecule has 1 aromatic heterocycles. The van der Waals surface area contributed by atoms with E-state index in [1.54, 1.807) is 33.1 Å². The van der Waals surface area contributed by atoms with Crippen molar-refractivity contribution in [3.05, 3.63) is 65.5 Å². The molecule has 2 fully saturated rings. The lowest BCUT2D eigenvalue weighted by Gasteiger charge is -2.43. The molecule has 6 unspecified atom stereocenters. The molecule has 0 spiro atoms. The highest BCUT2D eigenvalue weighted by molar-refractivity contribution is 5.80. The summed E-state index contributed by atoms with van der Waals surface area (Å²) < 4.78 is 19.3. The molecule has 2 aromatic carbocycles.